The maximum absolute atomic E-state index is 12.3. The summed E-state index contributed by atoms with van der Waals surface area (Å²) in [7, 11) is 0. The molecule has 1 amide bonds. The predicted molar refractivity (Wildman–Crippen MR) is 136 cm³/mol. The zero-order valence-corrected chi connectivity index (χ0v) is 20.3. The summed E-state index contributed by atoms with van der Waals surface area (Å²) >= 11 is 0. The Labute approximate surface area is 206 Å². The summed E-state index contributed by atoms with van der Waals surface area (Å²) in [5, 5.41) is 2.85. The molecule has 0 spiro atoms. The molecule has 1 atom stereocenters. The molecular weight excluding hydrogens is 438 g/mol. The van der Waals surface area contributed by atoms with Gasteiger partial charge in [-0.1, -0.05) is 60.7 Å². The topological polar surface area (TPSA) is 67.6 Å². The molecule has 0 saturated carbocycles. The van der Waals surface area contributed by atoms with Gasteiger partial charge in [0.05, 0.1) is 6.54 Å². The van der Waals surface area contributed by atoms with E-state index in [4.69, 9.17) is 9.15 Å². The number of oxazole rings is 1. The molecule has 1 N–H and O–H groups in total. The van der Waals surface area contributed by atoms with Crippen LogP contribution in [0.1, 0.15) is 54.3 Å². The lowest BCUT2D eigenvalue weighted by Gasteiger charge is -2.28. The van der Waals surface area contributed by atoms with Gasteiger partial charge in [-0.25, -0.2) is 4.98 Å². The van der Waals surface area contributed by atoms with Gasteiger partial charge >= 0.3 is 0 Å². The quantitative estimate of drug-likeness (QED) is 0.292. The number of carbonyl (C=O) groups is 1. The highest BCUT2D eigenvalue weighted by molar-refractivity contribution is 5.92. The second-order valence-corrected chi connectivity index (χ2v) is 8.81. The third-order valence-corrected chi connectivity index (χ3v) is 5.64. The summed E-state index contributed by atoms with van der Waals surface area (Å²) in [6.45, 7) is 7.09. The van der Waals surface area contributed by atoms with Crippen LogP contribution in [0.2, 0.25) is 0 Å². The minimum absolute atomic E-state index is 0.0302. The lowest BCUT2D eigenvalue weighted by atomic mass is 10.1. The number of ether oxygens (including phenoxy) is 1. The molecule has 35 heavy (non-hydrogen) atoms. The van der Waals surface area contributed by atoms with E-state index in [2.05, 4.69) is 46.4 Å². The van der Waals surface area contributed by atoms with Gasteiger partial charge in [-0.15, -0.1) is 0 Å². The average molecular weight is 470 g/mol. The number of hydrogen-bond donors (Lipinski definition) is 1. The van der Waals surface area contributed by atoms with Gasteiger partial charge in [0.25, 0.3) is 5.91 Å². The lowest BCUT2D eigenvalue weighted by Crippen LogP contribution is -2.30. The molecule has 1 heterocycles. The van der Waals surface area contributed by atoms with E-state index in [1.807, 2.05) is 74.5 Å². The van der Waals surface area contributed by atoms with Crippen LogP contribution in [-0.4, -0.2) is 21.8 Å². The molecule has 0 saturated heterocycles. The number of amides is 1. The van der Waals surface area contributed by atoms with E-state index in [0.29, 0.717) is 24.7 Å². The van der Waals surface area contributed by atoms with Crippen LogP contribution in [0.25, 0.3) is 0 Å². The highest BCUT2D eigenvalue weighted by Gasteiger charge is 2.21. The van der Waals surface area contributed by atoms with Gasteiger partial charge in [0.1, 0.15) is 17.8 Å². The molecule has 0 radical (unpaired) electrons. The summed E-state index contributed by atoms with van der Waals surface area (Å²) in [4.78, 5) is 19.0. The highest BCUT2D eigenvalue weighted by atomic mass is 16.5. The van der Waals surface area contributed by atoms with Crippen molar-refractivity contribution in [1.82, 2.24) is 15.2 Å². The fraction of sp³-hybridized carbons (Fsp3) is 0.241. The number of aromatic nitrogens is 1. The molecule has 6 nitrogen and oxygen atoms in total. The molecule has 1 aromatic heterocycles. The van der Waals surface area contributed by atoms with Crippen molar-refractivity contribution in [2.24, 2.45) is 0 Å². The van der Waals surface area contributed by atoms with Crippen LogP contribution in [0.5, 0.6) is 11.5 Å². The monoisotopic (exact) mass is 469 g/mol. The van der Waals surface area contributed by atoms with Gasteiger partial charge in [-0.05, 0) is 56.2 Å². The van der Waals surface area contributed by atoms with E-state index in [1.54, 1.807) is 0 Å². The molecule has 3 aromatic carbocycles. The van der Waals surface area contributed by atoms with Crippen LogP contribution in [-0.2, 0) is 13.1 Å². The molecule has 6 heteroatoms. The molecule has 0 bridgehead atoms. The average Bonchev–Trinajstić information content (AvgIpc) is 3.33. The lowest BCUT2D eigenvalue weighted by molar-refractivity contribution is 0.0938. The normalized spacial score (nSPS) is 12.0. The van der Waals surface area contributed by atoms with Crippen molar-refractivity contribution in [3.05, 3.63) is 114 Å². The minimum Gasteiger partial charge on any atom is -0.457 e. The van der Waals surface area contributed by atoms with Crippen molar-refractivity contribution in [2.75, 3.05) is 0 Å². The Morgan fingerprint density at radius 2 is 1.60 bits per heavy atom. The van der Waals surface area contributed by atoms with Crippen molar-refractivity contribution in [2.45, 2.75) is 45.9 Å². The minimum atomic E-state index is -0.233. The van der Waals surface area contributed by atoms with Gasteiger partial charge < -0.3 is 14.5 Å². The number of nitrogens with one attached hydrogen (secondary N) is 1. The Bertz CT molecular complexity index is 1220. The number of rotatable bonds is 10. The summed E-state index contributed by atoms with van der Waals surface area (Å²) in [5.41, 5.74) is 2.58. The van der Waals surface area contributed by atoms with Crippen molar-refractivity contribution < 1.29 is 13.9 Å². The van der Waals surface area contributed by atoms with Crippen LogP contribution < -0.4 is 10.1 Å². The number of carbonyl (C=O) groups excluding carboxylic acids is 1. The van der Waals surface area contributed by atoms with Gasteiger partial charge in [-0.2, -0.15) is 0 Å². The zero-order chi connectivity index (χ0) is 24.6. The van der Waals surface area contributed by atoms with Crippen molar-refractivity contribution >= 4 is 5.91 Å². The maximum Gasteiger partial charge on any atom is 0.273 e. The molecule has 0 aliphatic carbocycles. The first-order valence-electron chi connectivity index (χ1n) is 11.8. The highest BCUT2D eigenvalue weighted by Crippen LogP contribution is 2.27. The molecule has 1 unspecified atom stereocenters. The molecule has 4 aromatic rings. The largest absolute Gasteiger partial charge is 0.457 e. The molecular formula is C29H31N3O3. The zero-order valence-electron chi connectivity index (χ0n) is 20.3. The van der Waals surface area contributed by atoms with Crippen molar-refractivity contribution in [3.63, 3.8) is 0 Å². The van der Waals surface area contributed by atoms with Gasteiger partial charge in [0, 0.05) is 18.6 Å². The first kappa shape index (κ1) is 24.2. The fourth-order valence-corrected chi connectivity index (χ4v) is 3.84. The first-order valence-corrected chi connectivity index (χ1v) is 11.8. The van der Waals surface area contributed by atoms with E-state index in [1.165, 1.54) is 11.8 Å². The summed E-state index contributed by atoms with van der Waals surface area (Å²) in [6.07, 6.45) is 1.42. The molecule has 4 rings (SSSR count). The summed E-state index contributed by atoms with van der Waals surface area (Å²) in [5.74, 6) is 1.85. The van der Waals surface area contributed by atoms with Crippen LogP contribution in [0.4, 0.5) is 0 Å². The standard InChI is InChI=1S/C29H31N3O3/c1-21(2)30-29(33)27-20-34-28(31-27)19-32(22(3)24-12-6-4-7-13-24)18-23-11-10-16-26(17-23)35-25-14-8-5-9-15-25/h4-17,20-22H,18-19H2,1-3H3,(H,30,33). The van der Waals surface area contributed by atoms with Gasteiger partial charge in [-0.3, -0.25) is 9.69 Å². The van der Waals surface area contributed by atoms with E-state index in [9.17, 15) is 4.79 Å². The van der Waals surface area contributed by atoms with Crippen LogP contribution in [0, 0.1) is 0 Å². The maximum atomic E-state index is 12.3. The second kappa shape index (κ2) is 11.5. The Morgan fingerprint density at radius 1 is 0.914 bits per heavy atom. The van der Waals surface area contributed by atoms with Gasteiger partial charge in [0.2, 0.25) is 5.89 Å². The number of hydrogen-bond acceptors (Lipinski definition) is 5. The Hall–Kier alpha value is -3.90. The number of para-hydroxylation sites is 1. The Balaban J connectivity index is 1.54. The van der Waals surface area contributed by atoms with Crippen molar-refractivity contribution in [3.8, 4) is 11.5 Å². The Kier molecular flexibility index (Phi) is 7.95. The van der Waals surface area contributed by atoms with Crippen LogP contribution in [0.15, 0.2) is 95.6 Å². The molecule has 0 fully saturated rings. The molecule has 0 aliphatic heterocycles. The van der Waals surface area contributed by atoms with Crippen LogP contribution in [0.3, 0.4) is 0 Å². The molecule has 180 valence electrons. The third kappa shape index (κ3) is 6.80. The van der Waals surface area contributed by atoms with Crippen LogP contribution >= 0.6 is 0 Å². The van der Waals surface area contributed by atoms with E-state index < -0.39 is 0 Å². The fourth-order valence-electron chi connectivity index (χ4n) is 3.84. The summed E-state index contributed by atoms with van der Waals surface area (Å²) < 4.78 is 11.7. The predicted octanol–water partition coefficient (Wildman–Crippen LogP) is 6.37. The molecule has 0 aliphatic rings. The summed E-state index contributed by atoms with van der Waals surface area (Å²) in [6, 6.07) is 28.3. The van der Waals surface area contributed by atoms with E-state index in [-0.39, 0.29) is 18.0 Å². The van der Waals surface area contributed by atoms with E-state index in [0.717, 1.165) is 17.1 Å². The smallest absolute Gasteiger partial charge is 0.273 e. The Morgan fingerprint density at radius 3 is 2.31 bits per heavy atom. The van der Waals surface area contributed by atoms with Crippen molar-refractivity contribution in [1.29, 1.82) is 0 Å². The first-order chi connectivity index (χ1) is 17.0. The third-order valence-electron chi connectivity index (χ3n) is 5.64. The number of benzene rings is 3. The number of nitrogens with zero attached hydrogens (tertiary/aromatic N) is 2. The van der Waals surface area contributed by atoms with E-state index >= 15 is 0 Å². The SMILES string of the molecule is CC(C)NC(=O)c1coc(CN(Cc2cccc(Oc3ccccc3)c2)C(C)c2ccccc2)n1. The second-order valence-electron chi connectivity index (χ2n) is 8.81. The van der Waals surface area contributed by atoms with Gasteiger partial charge in [0.15, 0.2) is 5.69 Å².